The van der Waals surface area contributed by atoms with Gasteiger partial charge in [-0.3, -0.25) is 0 Å². The SMILES string of the molecule is COC(=O)c1oc(-c2c(Cl)ccn2S(=O)(=O)c2ccc(C)cc2)cc1OC. The van der Waals surface area contributed by atoms with Crippen LogP contribution in [0.3, 0.4) is 0 Å². The van der Waals surface area contributed by atoms with Gasteiger partial charge < -0.3 is 13.9 Å². The van der Waals surface area contributed by atoms with Crippen LogP contribution >= 0.6 is 11.6 Å². The summed E-state index contributed by atoms with van der Waals surface area (Å²) >= 11 is 6.21. The van der Waals surface area contributed by atoms with Crippen molar-refractivity contribution in [1.29, 1.82) is 0 Å². The molecule has 0 radical (unpaired) electrons. The summed E-state index contributed by atoms with van der Waals surface area (Å²) in [4.78, 5) is 11.9. The van der Waals surface area contributed by atoms with Gasteiger partial charge in [0.05, 0.1) is 24.1 Å². The Morgan fingerprint density at radius 3 is 2.41 bits per heavy atom. The maximum Gasteiger partial charge on any atom is 0.377 e. The number of aryl methyl sites for hydroxylation is 1. The van der Waals surface area contributed by atoms with Gasteiger partial charge in [0.25, 0.3) is 15.8 Å². The maximum absolute atomic E-state index is 13.0. The van der Waals surface area contributed by atoms with Crippen molar-refractivity contribution in [3.63, 3.8) is 0 Å². The molecule has 3 aromatic rings. The lowest BCUT2D eigenvalue weighted by Crippen LogP contribution is -2.13. The van der Waals surface area contributed by atoms with E-state index in [0.717, 1.165) is 9.54 Å². The van der Waals surface area contributed by atoms with Gasteiger partial charge in [0.1, 0.15) is 5.69 Å². The molecule has 0 saturated heterocycles. The number of halogens is 1. The third-order valence-corrected chi connectivity index (χ3v) is 5.90. The fraction of sp³-hybridized carbons (Fsp3) is 0.167. The second-order valence-electron chi connectivity index (χ2n) is 5.63. The molecule has 3 rings (SSSR count). The smallest absolute Gasteiger partial charge is 0.377 e. The lowest BCUT2D eigenvalue weighted by Gasteiger charge is -2.10. The molecule has 0 aliphatic rings. The van der Waals surface area contributed by atoms with Crippen LogP contribution < -0.4 is 4.74 Å². The van der Waals surface area contributed by atoms with E-state index < -0.39 is 16.0 Å². The van der Waals surface area contributed by atoms with Gasteiger partial charge in [0.15, 0.2) is 11.5 Å². The number of aromatic nitrogens is 1. The zero-order valence-electron chi connectivity index (χ0n) is 14.7. The van der Waals surface area contributed by atoms with Gasteiger partial charge in [-0.2, -0.15) is 0 Å². The summed E-state index contributed by atoms with van der Waals surface area (Å²) in [6.45, 7) is 1.86. The molecule has 7 nitrogen and oxygen atoms in total. The van der Waals surface area contributed by atoms with E-state index in [2.05, 4.69) is 4.74 Å². The molecular weight excluding hydrogens is 394 g/mol. The molecule has 2 heterocycles. The number of methoxy groups -OCH3 is 2. The third kappa shape index (κ3) is 3.33. The molecular formula is C18H16ClNO6S. The molecule has 0 amide bonds. The Morgan fingerprint density at radius 1 is 1.15 bits per heavy atom. The molecule has 142 valence electrons. The highest BCUT2D eigenvalue weighted by Crippen LogP contribution is 2.37. The molecule has 0 N–H and O–H groups in total. The van der Waals surface area contributed by atoms with Crippen molar-refractivity contribution in [3.05, 3.63) is 58.9 Å². The Bertz CT molecular complexity index is 1100. The highest BCUT2D eigenvalue weighted by molar-refractivity contribution is 7.90. The Labute approximate surface area is 161 Å². The van der Waals surface area contributed by atoms with Crippen molar-refractivity contribution in [2.24, 2.45) is 0 Å². The number of nitrogens with zero attached hydrogens (tertiary/aromatic N) is 1. The molecule has 0 spiro atoms. The summed E-state index contributed by atoms with van der Waals surface area (Å²) in [6.07, 6.45) is 1.32. The molecule has 9 heteroatoms. The van der Waals surface area contributed by atoms with E-state index in [1.54, 1.807) is 12.1 Å². The zero-order chi connectivity index (χ0) is 19.8. The quantitative estimate of drug-likeness (QED) is 0.596. The van der Waals surface area contributed by atoms with Crippen LogP contribution in [-0.2, 0) is 14.8 Å². The maximum atomic E-state index is 13.0. The van der Waals surface area contributed by atoms with E-state index in [9.17, 15) is 13.2 Å². The van der Waals surface area contributed by atoms with Crippen molar-refractivity contribution >= 4 is 27.6 Å². The lowest BCUT2D eigenvalue weighted by molar-refractivity contribution is 0.0561. The molecule has 0 unspecified atom stereocenters. The highest BCUT2D eigenvalue weighted by atomic mass is 35.5. The molecule has 0 saturated carbocycles. The molecule has 0 aliphatic heterocycles. The standard InChI is InChI=1S/C18H16ClNO6S/c1-11-4-6-12(7-5-11)27(22,23)20-9-8-13(19)16(20)14-10-15(24-2)17(26-14)18(21)25-3/h4-10H,1-3H3. The molecule has 0 aliphatic carbocycles. The topological polar surface area (TPSA) is 87.7 Å². The summed E-state index contributed by atoms with van der Waals surface area (Å²) < 4.78 is 42.4. The molecule has 0 atom stereocenters. The highest BCUT2D eigenvalue weighted by Gasteiger charge is 2.28. The number of carbonyl (C=O) groups excluding carboxylic acids is 1. The summed E-state index contributed by atoms with van der Waals surface area (Å²) in [5.41, 5.74) is 1.00. The molecule has 0 bridgehead atoms. The van der Waals surface area contributed by atoms with Gasteiger partial charge in [-0.15, -0.1) is 0 Å². The Morgan fingerprint density at radius 2 is 1.81 bits per heavy atom. The van der Waals surface area contributed by atoms with E-state index >= 15 is 0 Å². The minimum absolute atomic E-state index is 0.0536. The van der Waals surface area contributed by atoms with Crippen molar-refractivity contribution in [2.45, 2.75) is 11.8 Å². The van der Waals surface area contributed by atoms with Crippen molar-refractivity contribution < 1.29 is 27.1 Å². The fourth-order valence-corrected chi connectivity index (χ4v) is 4.17. The second-order valence-corrected chi connectivity index (χ2v) is 7.85. The monoisotopic (exact) mass is 409 g/mol. The van der Waals surface area contributed by atoms with Crippen LogP contribution in [0.25, 0.3) is 11.5 Å². The van der Waals surface area contributed by atoms with Gasteiger partial charge in [-0.1, -0.05) is 29.3 Å². The van der Waals surface area contributed by atoms with Crippen LogP contribution in [-0.4, -0.2) is 32.6 Å². The predicted molar refractivity (Wildman–Crippen MR) is 98.8 cm³/mol. The first-order valence-electron chi connectivity index (χ1n) is 7.75. The van der Waals surface area contributed by atoms with E-state index in [1.807, 2.05) is 6.92 Å². The number of rotatable bonds is 5. The third-order valence-electron chi connectivity index (χ3n) is 3.90. The van der Waals surface area contributed by atoms with Gasteiger partial charge in [0.2, 0.25) is 0 Å². The first-order valence-corrected chi connectivity index (χ1v) is 9.57. The average Bonchev–Trinajstić information content (AvgIpc) is 3.24. The van der Waals surface area contributed by atoms with E-state index in [-0.39, 0.29) is 32.9 Å². The van der Waals surface area contributed by atoms with E-state index in [1.165, 1.54) is 44.7 Å². The number of furan rings is 1. The first-order chi connectivity index (χ1) is 12.8. The van der Waals surface area contributed by atoms with Gasteiger partial charge in [-0.05, 0) is 25.1 Å². The van der Waals surface area contributed by atoms with Crippen LogP contribution in [0.15, 0.2) is 51.9 Å². The normalized spacial score (nSPS) is 11.4. The van der Waals surface area contributed by atoms with Crippen LogP contribution in [0.1, 0.15) is 16.1 Å². The fourth-order valence-electron chi connectivity index (χ4n) is 2.52. The number of ether oxygens (including phenoxy) is 2. The minimum atomic E-state index is -3.93. The van der Waals surface area contributed by atoms with Gasteiger partial charge in [-0.25, -0.2) is 17.2 Å². The average molecular weight is 410 g/mol. The number of hydrogen-bond acceptors (Lipinski definition) is 6. The predicted octanol–water partition coefficient (Wildman–Crippen LogP) is 3.74. The van der Waals surface area contributed by atoms with Crippen molar-refractivity contribution in [3.8, 4) is 17.2 Å². The van der Waals surface area contributed by atoms with Crippen LogP contribution in [0.5, 0.6) is 5.75 Å². The number of benzene rings is 1. The Hall–Kier alpha value is -2.71. The van der Waals surface area contributed by atoms with Gasteiger partial charge in [0, 0.05) is 12.3 Å². The van der Waals surface area contributed by atoms with E-state index in [0.29, 0.717) is 0 Å². The molecule has 27 heavy (non-hydrogen) atoms. The Kier molecular flexibility index (Phi) is 5.03. The van der Waals surface area contributed by atoms with Crippen LogP contribution in [0.4, 0.5) is 0 Å². The Balaban J connectivity index is 2.17. The lowest BCUT2D eigenvalue weighted by atomic mass is 10.2. The van der Waals surface area contributed by atoms with Crippen molar-refractivity contribution in [2.75, 3.05) is 14.2 Å². The second kappa shape index (κ2) is 7.13. The zero-order valence-corrected chi connectivity index (χ0v) is 16.3. The number of esters is 1. The van der Waals surface area contributed by atoms with Crippen molar-refractivity contribution in [1.82, 2.24) is 3.97 Å². The molecule has 0 fully saturated rings. The van der Waals surface area contributed by atoms with E-state index in [4.69, 9.17) is 20.8 Å². The largest absolute Gasteiger partial charge is 0.492 e. The van der Waals surface area contributed by atoms with Gasteiger partial charge >= 0.3 is 5.97 Å². The summed E-state index contributed by atoms with van der Waals surface area (Å²) in [6, 6.07) is 9.21. The summed E-state index contributed by atoms with van der Waals surface area (Å²) in [7, 11) is -1.39. The number of carbonyl (C=O) groups is 1. The summed E-state index contributed by atoms with van der Waals surface area (Å²) in [5.74, 6) is -0.786. The molecule has 2 aromatic heterocycles. The number of hydrogen-bond donors (Lipinski definition) is 0. The summed E-state index contributed by atoms with van der Waals surface area (Å²) in [5, 5.41) is 0.138. The van der Waals surface area contributed by atoms with Crippen LogP contribution in [0, 0.1) is 6.92 Å². The minimum Gasteiger partial charge on any atom is -0.492 e. The molecule has 1 aromatic carbocycles. The van der Waals surface area contributed by atoms with Crippen LogP contribution in [0.2, 0.25) is 5.02 Å². The first kappa shape index (κ1) is 19.1.